The van der Waals surface area contributed by atoms with E-state index in [9.17, 15) is 18.0 Å². The Morgan fingerprint density at radius 1 is 1.47 bits per heavy atom. The minimum absolute atomic E-state index is 0.0369. The molecule has 0 bridgehead atoms. The zero-order valence-corrected chi connectivity index (χ0v) is 10.3. The van der Waals surface area contributed by atoms with Gasteiger partial charge in [-0.2, -0.15) is 18.4 Å². The second-order valence-electron chi connectivity index (χ2n) is 3.35. The number of ketones is 1. The van der Waals surface area contributed by atoms with Crippen LogP contribution in [-0.2, 0) is 11.0 Å². The van der Waals surface area contributed by atoms with Crippen LogP contribution in [0.25, 0.3) is 0 Å². The van der Waals surface area contributed by atoms with Crippen LogP contribution >= 0.6 is 15.9 Å². The van der Waals surface area contributed by atoms with Crippen molar-refractivity contribution in [1.82, 2.24) is 0 Å². The molecule has 90 valence electrons. The molecule has 0 aliphatic heterocycles. The molecule has 0 amide bonds. The van der Waals surface area contributed by atoms with E-state index >= 15 is 0 Å². The Bertz CT molecular complexity index is 490. The number of carbonyl (C=O) groups excluding carboxylic acids is 1. The third-order valence-electron chi connectivity index (χ3n) is 2.14. The lowest BCUT2D eigenvalue weighted by atomic mass is 9.98. The van der Waals surface area contributed by atoms with Crippen molar-refractivity contribution in [3.05, 3.63) is 34.9 Å². The molecule has 1 aromatic rings. The summed E-state index contributed by atoms with van der Waals surface area (Å²) in [5, 5.41) is 8.81. The first-order chi connectivity index (χ1) is 7.79. The molecule has 0 spiro atoms. The minimum atomic E-state index is -4.61. The molecule has 0 saturated heterocycles. The molecule has 6 heteroatoms. The molecule has 17 heavy (non-hydrogen) atoms. The number of nitrogens with zero attached hydrogens (tertiary/aromatic N) is 1. The Hall–Kier alpha value is -1.35. The van der Waals surface area contributed by atoms with Crippen LogP contribution in [0, 0.1) is 11.3 Å². The van der Waals surface area contributed by atoms with Crippen LogP contribution < -0.4 is 0 Å². The fourth-order valence-corrected chi connectivity index (χ4v) is 1.74. The van der Waals surface area contributed by atoms with Crippen molar-refractivity contribution < 1.29 is 18.0 Å². The highest BCUT2D eigenvalue weighted by molar-refractivity contribution is 9.09. The largest absolute Gasteiger partial charge is 0.417 e. The molecule has 0 radical (unpaired) electrons. The molecular weight excluding hydrogens is 299 g/mol. The van der Waals surface area contributed by atoms with Crippen LogP contribution in [0.1, 0.15) is 28.4 Å². The summed E-state index contributed by atoms with van der Waals surface area (Å²) in [5.74, 6) is -0.360. The number of alkyl halides is 4. The third kappa shape index (κ3) is 2.86. The Labute approximate surface area is 104 Å². The highest BCUT2D eigenvalue weighted by atomic mass is 79.9. The van der Waals surface area contributed by atoms with Gasteiger partial charge in [0, 0.05) is 0 Å². The van der Waals surface area contributed by atoms with Gasteiger partial charge < -0.3 is 0 Å². The Morgan fingerprint density at radius 2 is 2.06 bits per heavy atom. The maximum atomic E-state index is 12.6. The molecule has 0 N–H and O–H groups in total. The van der Waals surface area contributed by atoms with Crippen molar-refractivity contribution in [2.45, 2.75) is 17.9 Å². The maximum absolute atomic E-state index is 12.6. The van der Waals surface area contributed by atoms with Crippen LogP contribution in [0.15, 0.2) is 18.2 Å². The number of Topliss-reactive ketones (excluding diaryl/α,β-unsaturated/α-hetero) is 1. The zero-order valence-electron chi connectivity index (χ0n) is 8.68. The Balaban J connectivity index is 3.46. The molecule has 0 saturated carbocycles. The van der Waals surface area contributed by atoms with Gasteiger partial charge >= 0.3 is 6.18 Å². The van der Waals surface area contributed by atoms with Gasteiger partial charge in [0.25, 0.3) is 0 Å². The van der Waals surface area contributed by atoms with Gasteiger partial charge in [0.05, 0.1) is 16.0 Å². The molecule has 0 aliphatic carbocycles. The van der Waals surface area contributed by atoms with Gasteiger partial charge in [-0.1, -0.05) is 28.1 Å². The SMILES string of the molecule is CC(=O)C(Br)c1cccc(C(F)(F)F)c1C#N. The van der Waals surface area contributed by atoms with E-state index in [1.807, 2.05) is 0 Å². The van der Waals surface area contributed by atoms with E-state index in [1.165, 1.54) is 25.1 Å². The monoisotopic (exact) mass is 305 g/mol. The first kappa shape index (κ1) is 13.7. The molecule has 0 heterocycles. The number of carbonyl (C=O) groups is 1. The lowest BCUT2D eigenvalue weighted by Gasteiger charge is -2.14. The molecule has 0 fully saturated rings. The van der Waals surface area contributed by atoms with Gasteiger partial charge in [0.15, 0.2) is 0 Å². The molecule has 0 aliphatic rings. The standard InChI is InChI=1S/C11H7BrF3NO/c1-6(17)10(12)7-3-2-4-9(8(7)5-16)11(13,14)15/h2-4,10H,1H3. The first-order valence-electron chi connectivity index (χ1n) is 4.53. The van der Waals surface area contributed by atoms with E-state index in [0.29, 0.717) is 0 Å². The summed E-state index contributed by atoms with van der Waals surface area (Å²) in [6, 6.07) is 4.83. The topological polar surface area (TPSA) is 40.9 Å². The van der Waals surface area contributed by atoms with Gasteiger partial charge in [0.2, 0.25) is 0 Å². The summed E-state index contributed by atoms with van der Waals surface area (Å²) in [7, 11) is 0. The number of nitriles is 1. The predicted molar refractivity (Wildman–Crippen MR) is 58.5 cm³/mol. The second kappa shape index (κ2) is 4.88. The minimum Gasteiger partial charge on any atom is -0.298 e. The van der Waals surface area contributed by atoms with E-state index in [-0.39, 0.29) is 11.3 Å². The summed E-state index contributed by atoms with van der Waals surface area (Å²) in [5.41, 5.74) is -1.50. The average molecular weight is 306 g/mol. The van der Waals surface area contributed by atoms with Crippen LogP contribution in [0.5, 0.6) is 0 Å². The van der Waals surface area contributed by atoms with Gasteiger partial charge in [-0.05, 0) is 18.6 Å². The van der Waals surface area contributed by atoms with Crippen LogP contribution in [0.4, 0.5) is 13.2 Å². The van der Waals surface area contributed by atoms with Crippen molar-refractivity contribution in [2.24, 2.45) is 0 Å². The van der Waals surface area contributed by atoms with Crippen molar-refractivity contribution >= 4 is 21.7 Å². The molecule has 2 nitrogen and oxygen atoms in total. The summed E-state index contributed by atoms with van der Waals surface area (Å²) < 4.78 is 37.9. The lowest BCUT2D eigenvalue weighted by Crippen LogP contribution is -2.12. The number of hydrogen-bond acceptors (Lipinski definition) is 2. The molecule has 1 rings (SSSR count). The maximum Gasteiger partial charge on any atom is 0.417 e. The predicted octanol–water partition coefficient (Wildman–Crippen LogP) is 3.60. The Kier molecular flexibility index (Phi) is 3.94. The normalized spacial score (nSPS) is 12.9. The third-order valence-corrected chi connectivity index (χ3v) is 3.28. The summed E-state index contributed by atoms with van der Waals surface area (Å²) in [6.07, 6.45) is -4.61. The summed E-state index contributed by atoms with van der Waals surface area (Å²) in [4.78, 5) is 10.2. The van der Waals surface area contributed by atoms with Crippen molar-refractivity contribution in [3.8, 4) is 6.07 Å². The fraction of sp³-hybridized carbons (Fsp3) is 0.273. The second-order valence-corrected chi connectivity index (χ2v) is 4.27. The molecule has 1 aromatic carbocycles. The summed E-state index contributed by atoms with van der Waals surface area (Å²) >= 11 is 2.97. The van der Waals surface area contributed by atoms with Gasteiger partial charge in [0.1, 0.15) is 11.9 Å². The first-order valence-corrected chi connectivity index (χ1v) is 5.45. The quantitative estimate of drug-likeness (QED) is 0.783. The van der Waals surface area contributed by atoms with Crippen molar-refractivity contribution in [2.75, 3.05) is 0 Å². The van der Waals surface area contributed by atoms with Gasteiger partial charge in [-0.3, -0.25) is 4.79 Å². The van der Waals surface area contributed by atoms with Crippen molar-refractivity contribution in [3.63, 3.8) is 0 Å². The average Bonchev–Trinajstić information content (AvgIpc) is 2.25. The molecule has 1 unspecified atom stereocenters. The van der Waals surface area contributed by atoms with Gasteiger partial charge in [-0.15, -0.1) is 0 Å². The number of hydrogen-bond donors (Lipinski definition) is 0. The molecular formula is C11H7BrF3NO. The van der Waals surface area contributed by atoms with Gasteiger partial charge in [-0.25, -0.2) is 0 Å². The molecule has 1 atom stereocenters. The highest BCUT2D eigenvalue weighted by Gasteiger charge is 2.35. The number of rotatable bonds is 2. The fourth-order valence-electron chi connectivity index (χ4n) is 1.36. The highest BCUT2D eigenvalue weighted by Crippen LogP contribution is 2.36. The van der Waals surface area contributed by atoms with Crippen molar-refractivity contribution in [1.29, 1.82) is 5.26 Å². The lowest BCUT2D eigenvalue weighted by molar-refractivity contribution is -0.137. The summed E-state index contributed by atoms with van der Waals surface area (Å²) in [6.45, 7) is 1.24. The zero-order chi connectivity index (χ0) is 13.2. The van der Waals surface area contributed by atoms with Crippen LogP contribution in [0.2, 0.25) is 0 Å². The smallest absolute Gasteiger partial charge is 0.298 e. The molecule has 0 aromatic heterocycles. The van der Waals surface area contributed by atoms with E-state index in [4.69, 9.17) is 5.26 Å². The van der Waals surface area contributed by atoms with Crippen LogP contribution in [-0.4, -0.2) is 5.78 Å². The number of halogens is 4. The van der Waals surface area contributed by atoms with Crippen LogP contribution in [0.3, 0.4) is 0 Å². The van der Waals surface area contributed by atoms with E-state index in [1.54, 1.807) is 0 Å². The van der Waals surface area contributed by atoms with E-state index in [2.05, 4.69) is 15.9 Å². The number of benzene rings is 1. The van der Waals surface area contributed by atoms with E-state index in [0.717, 1.165) is 6.07 Å². The van der Waals surface area contributed by atoms with E-state index < -0.39 is 22.1 Å². The Morgan fingerprint density at radius 3 is 2.47 bits per heavy atom.